The molecule has 0 unspecified atom stereocenters. The van der Waals surface area contributed by atoms with Gasteiger partial charge in [-0.25, -0.2) is 0 Å². The first kappa shape index (κ1) is 13.5. The van der Waals surface area contributed by atoms with Gasteiger partial charge in [-0.3, -0.25) is 0 Å². The van der Waals surface area contributed by atoms with Crippen molar-refractivity contribution in [2.75, 3.05) is 0 Å². The number of ether oxygens (including phenoxy) is 2. The fourth-order valence-corrected chi connectivity index (χ4v) is 1.44. The van der Waals surface area contributed by atoms with Crippen molar-refractivity contribution in [2.45, 2.75) is 46.8 Å². The monoisotopic (exact) mass is 336 g/mol. The highest BCUT2D eigenvalue weighted by atomic mass is 127. The third-order valence-corrected chi connectivity index (χ3v) is 2.90. The van der Waals surface area contributed by atoms with E-state index in [1.54, 1.807) is 0 Å². The molecular weight excluding hydrogens is 319 g/mol. The van der Waals surface area contributed by atoms with E-state index >= 15 is 0 Å². The Bertz CT molecular complexity index is 367. The molecule has 4 nitrogen and oxygen atoms in total. The third kappa shape index (κ3) is 3.77. The molecule has 16 heavy (non-hydrogen) atoms. The maximum atomic E-state index is 5.61. The predicted molar refractivity (Wildman–Crippen MR) is 71.0 cm³/mol. The van der Waals surface area contributed by atoms with Crippen molar-refractivity contribution in [3.63, 3.8) is 0 Å². The lowest BCUT2D eigenvalue weighted by molar-refractivity contribution is 0.201. The Morgan fingerprint density at radius 3 is 2.06 bits per heavy atom. The molecule has 1 aromatic heterocycles. The van der Waals surface area contributed by atoms with Gasteiger partial charge in [0, 0.05) is 0 Å². The normalized spacial score (nSPS) is 11.0. The number of hydrogen-bond acceptors (Lipinski definition) is 4. The van der Waals surface area contributed by atoms with Gasteiger partial charge >= 0.3 is 6.01 Å². The van der Waals surface area contributed by atoms with Gasteiger partial charge in [0.1, 0.15) is 0 Å². The first-order valence-electron chi connectivity index (χ1n) is 5.27. The molecule has 1 aromatic rings. The summed E-state index contributed by atoms with van der Waals surface area (Å²) in [4.78, 5) is 8.51. The SMILES string of the molecule is Cc1nc(OC(C)C)nc(OC(C)C)c1I. The Morgan fingerprint density at radius 1 is 1.00 bits per heavy atom. The van der Waals surface area contributed by atoms with Crippen molar-refractivity contribution in [1.29, 1.82) is 0 Å². The lowest BCUT2D eigenvalue weighted by atomic mass is 10.4. The van der Waals surface area contributed by atoms with Crippen molar-refractivity contribution >= 4 is 22.6 Å². The van der Waals surface area contributed by atoms with E-state index in [0.717, 1.165) is 9.26 Å². The van der Waals surface area contributed by atoms with E-state index in [2.05, 4.69) is 32.6 Å². The van der Waals surface area contributed by atoms with Gasteiger partial charge in [0.15, 0.2) is 0 Å². The predicted octanol–water partition coefficient (Wildman–Crippen LogP) is 2.96. The van der Waals surface area contributed by atoms with Gasteiger partial charge in [-0.15, -0.1) is 0 Å². The maximum absolute atomic E-state index is 5.61. The Morgan fingerprint density at radius 2 is 1.56 bits per heavy atom. The molecule has 5 heteroatoms. The van der Waals surface area contributed by atoms with Crippen LogP contribution in [-0.2, 0) is 0 Å². The molecule has 0 amide bonds. The van der Waals surface area contributed by atoms with Crippen LogP contribution in [0.25, 0.3) is 0 Å². The second-order valence-corrected chi connectivity index (χ2v) is 5.12. The molecule has 0 aliphatic heterocycles. The number of nitrogens with zero attached hydrogens (tertiary/aromatic N) is 2. The van der Waals surface area contributed by atoms with Gasteiger partial charge in [0.2, 0.25) is 5.88 Å². The summed E-state index contributed by atoms with van der Waals surface area (Å²) in [6.07, 6.45) is 0.154. The number of hydrogen-bond donors (Lipinski definition) is 0. The van der Waals surface area contributed by atoms with Crippen LogP contribution in [-0.4, -0.2) is 22.2 Å². The largest absolute Gasteiger partial charge is 0.474 e. The standard InChI is InChI=1S/C11H17IN2O2/c1-6(2)15-10-9(12)8(5)13-11(14-10)16-7(3)4/h6-7H,1-5H3. The van der Waals surface area contributed by atoms with Gasteiger partial charge in [0.25, 0.3) is 0 Å². The molecule has 0 radical (unpaired) electrons. The maximum Gasteiger partial charge on any atom is 0.320 e. The molecule has 0 aliphatic carbocycles. The fraction of sp³-hybridized carbons (Fsp3) is 0.636. The summed E-state index contributed by atoms with van der Waals surface area (Å²) in [6, 6.07) is 0.378. The molecule has 0 fully saturated rings. The van der Waals surface area contributed by atoms with Crippen LogP contribution in [0.5, 0.6) is 11.9 Å². The zero-order valence-electron chi connectivity index (χ0n) is 10.2. The van der Waals surface area contributed by atoms with E-state index < -0.39 is 0 Å². The minimum absolute atomic E-state index is 0.0614. The Hall–Kier alpha value is -0.590. The number of rotatable bonds is 4. The van der Waals surface area contributed by atoms with E-state index in [1.165, 1.54) is 0 Å². The molecule has 0 atom stereocenters. The van der Waals surface area contributed by atoms with E-state index in [-0.39, 0.29) is 12.2 Å². The van der Waals surface area contributed by atoms with Crippen molar-refractivity contribution in [2.24, 2.45) is 0 Å². The molecule has 0 saturated carbocycles. The molecular formula is C11H17IN2O2. The zero-order valence-corrected chi connectivity index (χ0v) is 12.4. The fourth-order valence-electron chi connectivity index (χ4n) is 1.07. The molecule has 0 aliphatic rings. The van der Waals surface area contributed by atoms with Crippen LogP contribution < -0.4 is 9.47 Å². The average Bonchev–Trinajstić information content (AvgIpc) is 2.11. The molecule has 90 valence electrons. The summed E-state index contributed by atoms with van der Waals surface area (Å²) in [7, 11) is 0. The number of halogens is 1. The summed E-state index contributed by atoms with van der Waals surface area (Å²) in [6.45, 7) is 9.75. The van der Waals surface area contributed by atoms with Gasteiger partial charge < -0.3 is 9.47 Å². The molecule has 0 spiro atoms. The van der Waals surface area contributed by atoms with Crippen molar-refractivity contribution in [3.05, 3.63) is 9.26 Å². The lowest BCUT2D eigenvalue weighted by Crippen LogP contribution is -2.13. The first-order chi connectivity index (χ1) is 7.40. The van der Waals surface area contributed by atoms with Crippen LogP contribution in [0, 0.1) is 10.5 Å². The smallest absolute Gasteiger partial charge is 0.320 e. The highest BCUT2D eigenvalue weighted by Crippen LogP contribution is 2.24. The Kier molecular flexibility index (Phi) is 4.76. The second-order valence-electron chi connectivity index (χ2n) is 4.04. The van der Waals surface area contributed by atoms with Crippen LogP contribution >= 0.6 is 22.6 Å². The van der Waals surface area contributed by atoms with Gasteiger partial charge in [-0.05, 0) is 57.2 Å². The Balaban J connectivity index is 3.01. The van der Waals surface area contributed by atoms with Crippen LogP contribution in [0.4, 0.5) is 0 Å². The molecule has 0 aromatic carbocycles. The van der Waals surface area contributed by atoms with Crippen LogP contribution in [0.1, 0.15) is 33.4 Å². The quantitative estimate of drug-likeness (QED) is 0.793. The van der Waals surface area contributed by atoms with Crippen LogP contribution in [0.3, 0.4) is 0 Å². The van der Waals surface area contributed by atoms with Gasteiger partial charge in [0.05, 0.1) is 21.5 Å². The minimum atomic E-state index is 0.0614. The third-order valence-electron chi connectivity index (χ3n) is 1.65. The first-order valence-corrected chi connectivity index (χ1v) is 6.35. The van der Waals surface area contributed by atoms with E-state index in [4.69, 9.17) is 9.47 Å². The van der Waals surface area contributed by atoms with Crippen LogP contribution in [0.15, 0.2) is 0 Å². The van der Waals surface area contributed by atoms with E-state index in [1.807, 2.05) is 34.6 Å². The lowest BCUT2D eigenvalue weighted by Gasteiger charge is -2.14. The highest BCUT2D eigenvalue weighted by Gasteiger charge is 2.13. The van der Waals surface area contributed by atoms with Crippen LogP contribution in [0.2, 0.25) is 0 Å². The molecule has 0 bridgehead atoms. The van der Waals surface area contributed by atoms with Gasteiger partial charge in [-0.1, -0.05) is 0 Å². The number of aromatic nitrogens is 2. The van der Waals surface area contributed by atoms with E-state index in [9.17, 15) is 0 Å². The van der Waals surface area contributed by atoms with Gasteiger partial charge in [-0.2, -0.15) is 9.97 Å². The van der Waals surface area contributed by atoms with Crippen molar-refractivity contribution < 1.29 is 9.47 Å². The van der Waals surface area contributed by atoms with E-state index in [0.29, 0.717) is 11.9 Å². The Labute approximate surface area is 110 Å². The topological polar surface area (TPSA) is 44.2 Å². The number of aryl methyl sites for hydroxylation is 1. The van der Waals surface area contributed by atoms with Crippen molar-refractivity contribution in [3.8, 4) is 11.9 Å². The zero-order chi connectivity index (χ0) is 12.3. The molecule has 1 heterocycles. The molecule has 0 saturated heterocycles. The summed E-state index contributed by atoms with van der Waals surface area (Å²) < 4.78 is 12.0. The van der Waals surface area contributed by atoms with Crippen molar-refractivity contribution in [1.82, 2.24) is 9.97 Å². The molecule has 1 rings (SSSR count). The summed E-state index contributed by atoms with van der Waals surface area (Å²) in [5.74, 6) is 0.596. The molecule has 0 N–H and O–H groups in total. The highest BCUT2D eigenvalue weighted by molar-refractivity contribution is 14.1. The summed E-state index contributed by atoms with van der Waals surface area (Å²) >= 11 is 2.18. The second kappa shape index (κ2) is 5.65. The summed E-state index contributed by atoms with van der Waals surface area (Å²) in [5.41, 5.74) is 0.877. The minimum Gasteiger partial charge on any atom is -0.474 e. The average molecular weight is 336 g/mol. The summed E-state index contributed by atoms with van der Waals surface area (Å²) in [5, 5.41) is 0.